The van der Waals surface area contributed by atoms with E-state index in [1.165, 1.54) is 0 Å². The average molecular weight is 233 g/mol. The predicted octanol–water partition coefficient (Wildman–Crippen LogP) is 2.36. The van der Waals surface area contributed by atoms with Crippen molar-refractivity contribution in [2.24, 2.45) is 0 Å². The maximum absolute atomic E-state index is 11.7. The Labute approximate surface area is 95.5 Å². The molecule has 0 saturated carbocycles. The molecule has 4 nitrogen and oxygen atoms in total. The molecule has 0 spiro atoms. The first-order valence-electron chi connectivity index (χ1n) is 5.15. The third-order valence-corrected chi connectivity index (χ3v) is 3.57. The van der Waals surface area contributed by atoms with Crippen LogP contribution in [0, 0.1) is 0 Å². The van der Waals surface area contributed by atoms with E-state index in [1.54, 1.807) is 11.3 Å². The summed E-state index contributed by atoms with van der Waals surface area (Å²) in [7, 11) is 0. The van der Waals surface area contributed by atoms with Crippen LogP contribution in [0.15, 0.2) is 22.3 Å². The van der Waals surface area contributed by atoms with Gasteiger partial charge in [-0.2, -0.15) is 5.10 Å². The second-order valence-electron chi connectivity index (χ2n) is 4.11. The van der Waals surface area contributed by atoms with Gasteiger partial charge in [0.15, 0.2) is 0 Å². The zero-order valence-corrected chi connectivity index (χ0v) is 9.84. The molecule has 0 aliphatic rings. The van der Waals surface area contributed by atoms with Crippen LogP contribution < -0.4 is 5.56 Å². The highest BCUT2D eigenvalue weighted by Crippen LogP contribution is 2.26. The quantitative estimate of drug-likeness (QED) is 0.701. The van der Waals surface area contributed by atoms with Gasteiger partial charge in [0.1, 0.15) is 16.2 Å². The van der Waals surface area contributed by atoms with Crippen molar-refractivity contribution >= 4 is 27.1 Å². The summed E-state index contributed by atoms with van der Waals surface area (Å²) in [6, 6.07) is 3.94. The van der Waals surface area contributed by atoms with E-state index in [9.17, 15) is 4.79 Å². The Morgan fingerprint density at radius 1 is 1.50 bits per heavy atom. The number of nitrogens with zero attached hydrogens (tertiary/aromatic N) is 2. The average Bonchev–Trinajstić information content (AvgIpc) is 2.78. The fourth-order valence-corrected chi connectivity index (χ4v) is 2.83. The van der Waals surface area contributed by atoms with Gasteiger partial charge in [-0.05, 0) is 17.5 Å². The lowest BCUT2D eigenvalue weighted by Crippen LogP contribution is -2.16. The fourth-order valence-electron chi connectivity index (χ4n) is 1.92. The van der Waals surface area contributed by atoms with Crippen LogP contribution in [0.1, 0.15) is 25.6 Å². The van der Waals surface area contributed by atoms with E-state index in [1.807, 2.05) is 21.9 Å². The second-order valence-corrected chi connectivity index (χ2v) is 5.01. The summed E-state index contributed by atoms with van der Waals surface area (Å²) in [6.07, 6.45) is 0. The van der Waals surface area contributed by atoms with Gasteiger partial charge < -0.3 is 0 Å². The van der Waals surface area contributed by atoms with Crippen molar-refractivity contribution in [3.05, 3.63) is 33.7 Å². The first-order valence-corrected chi connectivity index (χ1v) is 6.03. The highest BCUT2D eigenvalue weighted by atomic mass is 32.1. The molecule has 16 heavy (non-hydrogen) atoms. The van der Waals surface area contributed by atoms with Crippen LogP contribution in [-0.2, 0) is 0 Å². The maximum atomic E-state index is 11.7. The van der Waals surface area contributed by atoms with E-state index in [0.29, 0.717) is 5.52 Å². The van der Waals surface area contributed by atoms with Crippen LogP contribution in [0.25, 0.3) is 15.7 Å². The monoisotopic (exact) mass is 233 g/mol. The lowest BCUT2D eigenvalue weighted by Gasteiger charge is -2.07. The van der Waals surface area contributed by atoms with Crippen LogP contribution in [0.3, 0.4) is 0 Å². The van der Waals surface area contributed by atoms with Crippen molar-refractivity contribution in [2.45, 2.75) is 19.8 Å². The van der Waals surface area contributed by atoms with Gasteiger partial charge in [-0.15, -0.1) is 11.3 Å². The molecular weight excluding hydrogens is 222 g/mol. The summed E-state index contributed by atoms with van der Waals surface area (Å²) < 4.78 is 1.96. The molecule has 0 saturated heterocycles. The van der Waals surface area contributed by atoms with Gasteiger partial charge in [-0.3, -0.25) is 9.20 Å². The number of thiophene rings is 1. The van der Waals surface area contributed by atoms with Crippen LogP contribution >= 0.6 is 11.3 Å². The number of nitrogens with one attached hydrogen (secondary N) is 1. The Morgan fingerprint density at radius 3 is 3.06 bits per heavy atom. The largest absolute Gasteiger partial charge is 0.288 e. The van der Waals surface area contributed by atoms with Gasteiger partial charge in [-0.25, -0.2) is 5.10 Å². The Bertz CT molecular complexity index is 720. The molecule has 0 fully saturated rings. The number of fused-ring (bicyclic) bond motifs is 3. The number of hydrogen-bond acceptors (Lipinski definition) is 3. The molecule has 0 atom stereocenters. The molecule has 82 valence electrons. The number of aromatic amines is 1. The Morgan fingerprint density at radius 2 is 2.31 bits per heavy atom. The number of hydrogen-bond donors (Lipinski definition) is 1. The summed E-state index contributed by atoms with van der Waals surface area (Å²) in [5.41, 5.74) is 0.549. The highest BCUT2D eigenvalue weighted by molar-refractivity contribution is 7.16. The number of rotatable bonds is 1. The zero-order chi connectivity index (χ0) is 11.3. The lowest BCUT2D eigenvalue weighted by atomic mass is 10.2. The topological polar surface area (TPSA) is 50.2 Å². The van der Waals surface area contributed by atoms with E-state index in [0.717, 1.165) is 16.0 Å². The molecule has 5 heteroatoms. The fraction of sp³-hybridized carbons (Fsp3) is 0.273. The molecule has 0 aromatic carbocycles. The molecule has 0 radical (unpaired) electrons. The third kappa shape index (κ3) is 1.15. The Kier molecular flexibility index (Phi) is 1.91. The van der Waals surface area contributed by atoms with Crippen LogP contribution in [-0.4, -0.2) is 14.6 Å². The van der Waals surface area contributed by atoms with Crippen molar-refractivity contribution in [3.63, 3.8) is 0 Å². The molecule has 0 bridgehead atoms. The van der Waals surface area contributed by atoms with Crippen molar-refractivity contribution in [1.82, 2.24) is 14.6 Å². The normalized spacial score (nSPS) is 11.9. The van der Waals surface area contributed by atoms with Gasteiger partial charge in [0.25, 0.3) is 5.56 Å². The van der Waals surface area contributed by atoms with Crippen LogP contribution in [0.4, 0.5) is 0 Å². The Hall–Kier alpha value is -1.62. The number of aromatic nitrogens is 3. The minimum Gasteiger partial charge on any atom is -0.282 e. The maximum Gasteiger partial charge on any atom is 0.288 e. The summed E-state index contributed by atoms with van der Waals surface area (Å²) >= 11 is 1.63. The molecule has 0 amide bonds. The molecule has 1 N–H and O–H groups in total. The SMILES string of the molecule is CC(C)c1n[nH]c(=O)c2cc3ccsc3n12. The summed E-state index contributed by atoms with van der Waals surface area (Å²) in [4.78, 5) is 12.8. The van der Waals surface area contributed by atoms with E-state index in [2.05, 4.69) is 24.0 Å². The molecule has 3 aromatic rings. The third-order valence-electron chi connectivity index (χ3n) is 2.66. The lowest BCUT2D eigenvalue weighted by molar-refractivity contribution is 0.720. The van der Waals surface area contributed by atoms with Crippen molar-refractivity contribution < 1.29 is 0 Å². The highest BCUT2D eigenvalue weighted by Gasteiger charge is 2.13. The second kappa shape index (κ2) is 3.18. The molecular formula is C11H11N3OS. The van der Waals surface area contributed by atoms with Crippen molar-refractivity contribution in [2.75, 3.05) is 0 Å². The minimum atomic E-state index is -0.132. The van der Waals surface area contributed by atoms with Crippen LogP contribution in [0.2, 0.25) is 0 Å². The number of H-pyrrole nitrogens is 1. The van der Waals surface area contributed by atoms with Gasteiger partial charge in [0.2, 0.25) is 0 Å². The van der Waals surface area contributed by atoms with E-state index in [-0.39, 0.29) is 11.5 Å². The standard InChI is InChI=1S/C11H11N3OS/c1-6(2)9-12-13-10(15)8-5-7-3-4-16-11(7)14(8)9/h3-6H,1-2H3,(H,13,15). The summed E-state index contributed by atoms with van der Waals surface area (Å²) in [5, 5.41) is 9.83. The minimum absolute atomic E-state index is 0.132. The molecule has 0 unspecified atom stereocenters. The van der Waals surface area contributed by atoms with E-state index < -0.39 is 0 Å². The summed E-state index contributed by atoms with van der Waals surface area (Å²) in [6.45, 7) is 4.14. The molecule has 3 aromatic heterocycles. The van der Waals surface area contributed by atoms with E-state index in [4.69, 9.17) is 0 Å². The van der Waals surface area contributed by atoms with Gasteiger partial charge in [-0.1, -0.05) is 13.8 Å². The molecule has 3 heterocycles. The van der Waals surface area contributed by atoms with Gasteiger partial charge in [0.05, 0.1) is 0 Å². The van der Waals surface area contributed by atoms with Crippen molar-refractivity contribution in [1.29, 1.82) is 0 Å². The smallest absolute Gasteiger partial charge is 0.282 e. The van der Waals surface area contributed by atoms with Crippen molar-refractivity contribution in [3.8, 4) is 0 Å². The molecule has 0 aliphatic heterocycles. The zero-order valence-electron chi connectivity index (χ0n) is 9.02. The Balaban J connectivity index is 2.60. The van der Waals surface area contributed by atoms with E-state index >= 15 is 0 Å². The first-order chi connectivity index (χ1) is 7.68. The molecule has 0 aliphatic carbocycles. The molecule has 3 rings (SSSR count). The summed E-state index contributed by atoms with van der Waals surface area (Å²) in [5.74, 6) is 1.17. The van der Waals surface area contributed by atoms with Gasteiger partial charge >= 0.3 is 0 Å². The predicted molar refractivity (Wildman–Crippen MR) is 65.3 cm³/mol. The van der Waals surface area contributed by atoms with Crippen LogP contribution in [0.5, 0.6) is 0 Å². The van der Waals surface area contributed by atoms with Gasteiger partial charge in [0, 0.05) is 11.3 Å². The first kappa shape index (κ1) is 9.59.